The van der Waals surface area contributed by atoms with Gasteiger partial charge in [-0.25, -0.2) is 4.39 Å². The Morgan fingerprint density at radius 1 is 1.37 bits per heavy atom. The quantitative estimate of drug-likeness (QED) is 0.917. The van der Waals surface area contributed by atoms with Crippen LogP contribution >= 0.6 is 11.6 Å². The van der Waals surface area contributed by atoms with E-state index in [9.17, 15) is 4.39 Å². The summed E-state index contributed by atoms with van der Waals surface area (Å²) in [6.07, 6.45) is 3.30. The van der Waals surface area contributed by atoms with Crippen LogP contribution in [-0.2, 0) is 0 Å². The number of nitrogens with one attached hydrogen (secondary N) is 1. The molecule has 6 heteroatoms. The highest BCUT2D eigenvalue weighted by Crippen LogP contribution is 2.28. The van der Waals surface area contributed by atoms with Crippen LogP contribution in [0.3, 0.4) is 0 Å². The van der Waals surface area contributed by atoms with Gasteiger partial charge in [0.15, 0.2) is 0 Å². The molecule has 1 aliphatic heterocycles. The van der Waals surface area contributed by atoms with E-state index in [2.05, 4.69) is 15.5 Å². The summed E-state index contributed by atoms with van der Waals surface area (Å²) >= 11 is 5.98. The summed E-state index contributed by atoms with van der Waals surface area (Å²) in [6.45, 7) is 0.958. The molecule has 1 saturated heterocycles. The predicted octanol–water partition coefficient (Wildman–Crippen LogP) is 3.34. The Morgan fingerprint density at radius 2 is 2.26 bits per heavy atom. The van der Waals surface area contributed by atoms with Gasteiger partial charge >= 0.3 is 0 Å². The van der Waals surface area contributed by atoms with Crippen molar-refractivity contribution in [2.24, 2.45) is 0 Å². The Morgan fingerprint density at radius 3 is 3.00 bits per heavy atom. The molecule has 1 aromatic heterocycles. The van der Waals surface area contributed by atoms with E-state index < -0.39 is 0 Å². The van der Waals surface area contributed by atoms with Gasteiger partial charge in [-0.05, 0) is 37.6 Å². The molecule has 2 heterocycles. The topological polar surface area (TPSA) is 51.0 Å². The van der Waals surface area contributed by atoms with Gasteiger partial charge in [0.1, 0.15) is 5.82 Å². The molecule has 3 rings (SSSR count). The molecule has 2 aromatic rings. The zero-order chi connectivity index (χ0) is 13.2. The molecule has 100 valence electrons. The molecule has 0 radical (unpaired) electrons. The Bertz CT molecular complexity index is 581. The minimum Gasteiger partial charge on any atom is -0.337 e. The first-order chi connectivity index (χ1) is 9.24. The smallest absolute Gasteiger partial charge is 0.244 e. The molecule has 1 aromatic carbocycles. The van der Waals surface area contributed by atoms with Crippen LogP contribution in [0.4, 0.5) is 4.39 Å². The summed E-state index contributed by atoms with van der Waals surface area (Å²) in [7, 11) is 0. The van der Waals surface area contributed by atoms with Crippen molar-refractivity contribution in [3.05, 3.63) is 34.9 Å². The molecular formula is C13H13ClFN3O. The third-order valence-electron chi connectivity index (χ3n) is 3.22. The van der Waals surface area contributed by atoms with E-state index >= 15 is 0 Å². The van der Waals surface area contributed by atoms with Crippen LogP contribution < -0.4 is 5.32 Å². The number of halogens is 2. The number of piperidine rings is 1. The minimum absolute atomic E-state index is 0.106. The first-order valence-corrected chi connectivity index (χ1v) is 6.64. The molecule has 1 atom stereocenters. The number of rotatable bonds is 2. The first-order valence-electron chi connectivity index (χ1n) is 6.26. The minimum atomic E-state index is -0.383. The largest absolute Gasteiger partial charge is 0.337 e. The second kappa shape index (κ2) is 5.27. The monoisotopic (exact) mass is 281 g/mol. The standard InChI is InChI=1S/C13H13ClFN3O/c14-10-7-8(15)4-5-9(10)12-17-13(19-18-12)11-3-1-2-6-16-11/h4-5,7,11,16H,1-3,6H2. The van der Waals surface area contributed by atoms with Gasteiger partial charge in [-0.1, -0.05) is 23.2 Å². The fourth-order valence-electron chi connectivity index (χ4n) is 2.22. The molecule has 1 aliphatic rings. The van der Waals surface area contributed by atoms with Crippen molar-refractivity contribution in [1.29, 1.82) is 0 Å². The summed E-state index contributed by atoms with van der Waals surface area (Å²) in [5, 5.41) is 7.54. The molecule has 1 fully saturated rings. The Balaban J connectivity index is 1.87. The summed E-state index contributed by atoms with van der Waals surface area (Å²) in [5.74, 6) is 0.578. The maximum atomic E-state index is 13.0. The zero-order valence-corrected chi connectivity index (χ0v) is 11.0. The summed E-state index contributed by atoms with van der Waals surface area (Å²) in [4.78, 5) is 4.35. The average Bonchev–Trinajstić information content (AvgIpc) is 2.89. The lowest BCUT2D eigenvalue weighted by atomic mass is 10.1. The van der Waals surface area contributed by atoms with Crippen molar-refractivity contribution in [1.82, 2.24) is 15.5 Å². The highest BCUT2D eigenvalue weighted by Gasteiger charge is 2.22. The highest BCUT2D eigenvalue weighted by molar-refractivity contribution is 6.33. The molecule has 4 nitrogen and oxygen atoms in total. The van der Waals surface area contributed by atoms with Gasteiger partial charge < -0.3 is 9.84 Å². The van der Waals surface area contributed by atoms with Crippen LogP contribution in [0.2, 0.25) is 5.02 Å². The molecule has 0 saturated carbocycles. The molecule has 1 N–H and O–H groups in total. The van der Waals surface area contributed by atoms with Crippen LogP contribution in [0.1, 0.15) is 31.2 Å². The predicted molar refractivity (Wildman–Crippen MR) is 69.3 cm³/mol. The summed E-state index contributed by atoms with van der Waals surface area (Å²) < 4.78 is 18.3. The van der Waals surface area contributed by atoms with Crippen LogP contribution in [0, 0.1) is 5.82 Å². The Labute approximate surface area is 115 Å². The van der Waals surface area contributed by atoms with Crippen molar-refractivity contribution < 1.29 is 8.91 Å². The molecule has 0 bridgehead atoms. The van der Waals surface area contributed by atoms with Crippen molar-refractivity contribution in [2.45, 2.75) is 25.3 Å². The lowest BCUT2D eigenvalue weighted by Crippen LogP contribution is -2.26. The molecule has 0 aliphatic carbocycles. The highest BCUT2D eigenvalue weighted by atomic mass is 35.5. The van der Waals surface area contributed by atoms with Gasteiger partial charge in [-0.15, -0.1) is 0 Å². The van der Waals surface area contributed by atoms with Crippen molar-refractivity contribution in [3.8, 4) is 11.4 Å². The van der Waals surface area contributed by atoms with Crippen LogP contribution in [0.5, 0.6) is 0 Å². The fraction of sp³-hybridized carbons (Fsp3) is 0.385. The van der Waals surface area contributed by atoms with Gasteiger partial charge in [0.05, 0.1) is 11.1 Å². The van der Waals surface area contributed by atoms with Gasteiger partial charge in [0.25, 0.3) is 0 Å². The third-order valence-corrected chi connectivity index (χ3v) is 3.53. The van der Waals surface area contributed by atoms with E-state index in [4.69, 9.17) is 16.1 Å². The Hall–Kier alpha value is -1.46. The number of hydrogen-bond acceptors (Lipinski definition) is 4. The molecule has 19 heavy (non-hydrogen) atoms. The normalized spacial score (nSPS) is 19.6. The molecule has 0 spiro atoms. The van der Waals surface area contributed by atoms with Crippen LogP contribution in [0.25, 0.3) is 11.4 Å². The molecule has 1 unspecified atom stereocenters. The van der Waals surface area contributed by atoms with Crippen LogP contribution in [-0.4, -0.2) is 16.7 Å². The van der Waals surface area contributed by atoms with Gasteiger partial charge in [-0.3, -0.25) is 0 Å². The second-order valence-corrected chi connectivity index (χ2v) is 4.99. The van der Waals surface area contributed by atoms with Gasteiger partial charge in [0.2, 0.25) is 11.7 Å². The van der Waals surface area contributed by atoms with Gasteiger partial charge in [-0.2, -0.15) is 4.98 Å². The fourth-order valence-corrected chi connectivity index (χ4v) is 2.47. The van der Waals surface area contributed by atoms with Crippen molar-refractivity contribution in [2.75, 3.05) is 6.54 Å². The van der Waals surface area contributed by atoms with E-state index in [-0.39, 0.29) is 16.9 Å². The van der Waals surface area contributed by atoms with Crippen molar-refractivity contribution in [3.63, 3.8) is 0 Å². The Kier molecular flexibility index (Phi) is 3.48. The average molecular weight is 282 g/mol. The number of benzene rings is 1. The van der Waals surface area contributed by atoms with E-state index in [1.54, 1.807) is 6.07 Å². The number of nitrogens with zero attached hydrogens (tertiary/aromatic N) is 2. The molecule has 0 amide bonds. The van der Waals surface area contributed by atoms with Crippen molar-refractivity contribution >= 4 is 11.6 Å². The number of aromatic nitrogens is 2. The maximum absolute atomic E-state index is 13.0. The zero-order valence-electron chi connectivity index (χ0n) is 10.2. The maximum Gasteiger partial charge on any atom is 0.244 e. The van der Waals surface area contributed by atoms with Gasteiger partial charge in [0, 0.05) is 5.56 Å². The summed E-state index contributed by atoms with van der Waals surface area (Å²) in [6, 6.07) is 4.23. The first kappa shape index (κ1) is 12.6. The molecular weight excluding hydrogens is 269 g/mol. The van der Waals surface area contributed by atoms with E-state index in [0.29, 0.717) is 17.3 Å². The van der Waals surface area contributed by atoms with E-state index in [1.165, 1.54) is 18.6 Å². The number of hydrogen-bond donors (Lipinski definition) is 1. The van der Waals surface area contributed by atoms with Crippen LogP contribution in [0.15, 0.2) is 22.7 Å². The van der Waals surface area contributed by atoms with E-state index in [0.717, 1.165) is 19.4 Å². The second-order valence-electron chi connectivity index (χ2n) is 4.58. The summed E-state index contributed by atoms with van der Waals surface area (Å²) in [5.41, 5.74) is 0.578. The van der Waals surface area contributed by atoms with E-state index in [1.807, 2.05) is 0 Å². The third kappa shape index (κ3) is 2.62. The lowest BCUT2D eigenvalue weighted by Gasteiger charge is -2.19. The lowest BCUT2D eigenvalue weighted by molar-refractivity contribution is 0.297. The SMILES string of the molecule is Fc1ccc(-c2noc(C3CCCCN3)n2)c(Cl)c1.